The van der Waals surface area contributed by atoms with Crippen molar-refractivity contribution in [1.82, 2.24) is 9.55 Å². The topological polar surface area (TPSA) is 64.3 Å². The zero-order valence-electron chi connectivity index (χ0n) is 12.1. The maximum Gasteiger partial charge on any atom is 0.323 e. The number of imidazole rings is 1. The van der Waals surface area contributed by atoms with Gasteiger partial charge in [0.2, 0.25) is 0 Å². The van der Waals surface area contributed by atoms with Crippen molar-refractivity contribution in [3.05, 3.63) is 35.3 Å². The molecule has 0 atom stereocenters. The fourth-order valence-electron chi connectivity index (χ4n) is 2.36. The van der Waals surface area contributed by atoms with Gasteiger partial charge in [-0.1, -0.05) is 6.07 Å². The standard InChI is InChI=1S/C15H18N2O3/c1-9-5-10(2)15(20-4)12(6-9)13-7-17(8-14(18)19)11(3)16-13/h5-7H,8H2,1-4H3,(H,18,19). The van der Waals surface area contributed by atoms with E-state index in [2.05, 4.69) is 4.98 Å². The first-order valence-electron chi connectivity index (χ1n) is 6.33. The van der Waals surface area contributed by atoms with Crippen molar-refractivity contribution >= 4 is 5.97 Å². The smallest absolute Gasteiger partial charge is 0.323 e. The predicted octanol–water partition coefficient (Wildman–Crippen LogP) is 2.57. The second-order valence-corrected chi connectivity index (χ2v) is 4.86. The minimum absolute atomic E-state index is 0.0913. The van der Waals surface area contributed by atoms with Crippen molar-refractivity contribution < 1.29 is 14.6 Å². The van der Waals surface area contributed by atoms with E-state index >= 15 is 0 Å². The Morgan fingerprint density at radius 2 is 2.05 bits per heavy atom. The predicted molar refractivity (Wildman–Crippen MR) is 76.1 cm³/mol. The summed E-state index contributed by atoms with van der Waals surface area (Å²) in [6.07, 6.45) is 1.75. The summed E-state index contributed by atoms with van der Waals surface area (Å²) >= 11 is 0. The molecule has 0 radical (unpaired) electrons. The van der Waals surface area contributed by atoms with Crippen molar-refractivity contribution in [1.29, 1.82) is 0 Å². The Labute approximate surface area is 117 Å². The highest BCUT2D eigenvalue weighted by Crippen LogP contribution is 2.33. The molecular formula is C15H18N2O3. The second kappa shape index (κ2) is 5.36. The van der Waals surface area contributed by atoms with Gasteiger partial charge >= 0.3 is 5.97 Å². The number of nitrogens with zero attached hydrogens (tertiary/aromatic N) is 2. The van der Waals surface area contributed by atoms with Gasteiger partial charge < -0.3 is 14.4 Å². The Hall–Kier alpha value is -2.30. The van der Waals surface area contributed by atoms with Crippen molar-refractivity contribution in [2.24, 2.45) is 0 Å². The number of carboxylic acids is 1. The monoisotopic (exact) mass is 274 g/mol. The SMILES string of the molecule is COc1c(C)cc(C)cc1-c1cn(CC(=O)O)c(C)n1. The van der Waals surface area contributed by atoms with E-state index in [1.807, 2.05) is 26.0 Å². The highest BCUT2D eigenvalue weighted by atomic mass is 16.5. The molecule has 1 N–H and O–H groups in total. The highest BCUT2D eigenvalue weighted by Gasteiger charge is 2.14. The normalized spacial score (nSPS) is 10.6. The number of hydrogen-bond acceptors (Lipinski definition) is 3. The second-order valence-electron chi connectivity index (χ2n) is 4.86. The van der Waals surface area contributed by atoms with Crippen LogP contribution in [-0.4, -0.2) is 27.7 Å². The first kappa shape index (κ1) is 14.1. The van der Waals surface area contributed by atoms with Crippen LogP contribution in [0.1, 0.15) is 17.0 Å². The lowest BCUT2D eigenvalue weighted by molar-refractivity contribution is -0.137. The number of carboxylic acid groups (broad SMARTS) is 1. The van der Waals surface area contributed by atoms with Gasteiger partial charge in [-0.25, -0.2) is 4.98 Å². The zero-order valence-corrected chi connectivity index (χ0v) is 12.1. The van der Waals surface area contributed by atoms with Gasteiger partial charge in [0.15, 0.2) is 0 Å². The molecule has 20 heavy (non-hydrogen) atoms. The van der Waals surface area contributed by atoms with Crippen molar-refractivity contribution in [2.45, 2.75) is 27.3 Å². The lowest BCUT2D eigenvalue weighted by atomic mass is 10.0. The molecule has 0 unspecified atom stereocenters. The number of benzene rings is 1. The fourth-order valence-corrected chi connectivity index (χ4v) is 2.36. The number of rotatable bonds is 4. The Morgan fingerprint density at radius 1 is 1.35 bits per heavy atom. The maximum atomic E-state index is 10.8. The summed E-state index contributed by atoms with van der Waals surface area (Å²) in [6, 6.07) is 4.04. The molecule has 0 spiro atoms. The molecule has 0 aliphatic heterocycles. The van der Waals surface area contributed by atoms with Gasteiger partial charge in [-0.05, 0) is 38.0 Å². The molecule has 0 aliphatic carbocycles. The summed E-state index contributed by atoms with van der Waals surface area (Å²) in [6.45, 7) is 5.70. The molecule has 5 nitrogen and oxygen atoms in total. The van der Waals surface area contributed by atoms with Crippen LogP contribution < -0.4 is 4.74 Å². The first-order chi connectivity index (χ1) is 9.42. The minimum atomic E-state index is -0.885. The number of carbonyl (C=O) groups is 1. The Morgan fingerprint density at radius 3 is 2.65 bits per heavy atom. The lowest BCUT2D eigenvalue weighted by Crippen LogP contribution is -2.08. The van der Waals surface area contributed by atoms with E-state index in [4.69, 9.17) is 9.84 Å². The average molecular weight is 274 g/mol. The largest absolute Gasteiger partial charge is 0.496 e. The van der Waals surface area contributed by atoms with Gasteiger partial charge in [-0.15, -0.1) is 0 Å². The third-order valence-electron chi connectivity index (χ3n) is 3.18. The van der Waals surface area contributed by atoms with Gasteiger partial charge in [-0.3, -0.25) is 4.79 Å². The van der Waals surface area contributed by atoms with Gasteiger partial charge in [-0.2, -0.15) is 0 Å². The van der Waals surface area contributed by atoms with Crippen LogP contribution in [0.2, 0.25) is 0 Å². The van der Waals surface area contributed by atoms with Crippen LogP contribution >= 0.6 is 0 Å². The van der Waals surface area contributed by atoms with E-state index in [-0.39, 0.29) is 6.54 Å². The Kier molecular flexibility index (Phi) is 3.79. The van der Waals surface area contributed by atoms with E-state index in [1.165, 1.54) is 0 Å². The molecule has 0 bridgehead atoms. The third kappa shape index (κ3) is 2.66. The molecule has 0 saturated heterocycles. The van der Waals surface area contributed by atoms with Gasteiger partial charge in [0.25, 0.3) is 0 Å². The summed E-state index contributed by atoms with van der Waals surface area (Å²) in [7, 11) is 1.63. The number of ether oxygens (including phenoxy) is 1. The molecule has 5 heteroatoms. The molecule has 1 heterocycles. The zero-order chi connectivity index (χ0) is 14.9. The summed E-state index contributed by atoms with van der Waals surface area (Å²) in [5, 5.41) is 8.89. The van der Waals surface area contributed by atoms with E-state index in [9.17, 15) is 4.79 Å². The van der Waals surface area contributed by atoms with Crippen LogP contribution in [0.4, 0.5) is 0 Å². The lowest BCUT2D eigenvalue weighted by Gasteiger charge is -2.11. The van der Waals surface area contributed by atoms with Crippen LogP contribution in [0.25, 0.3) is 11.3 Å². The van der Waals surface area contributed by atoms with Gasteiger partial charge in [0.05, 0.1) is 12.8 Å². The molecule has 0 amide bonds. The van der Waals surface area contributed by atoms with Crippen LogP contribution in [0, 0.1) is 20.8 Å². The van der Waals surface area contributed by atoms with E-state index in [0.717, 1.165) is 28.1 Å². The van der Waals surface area contributed by atoms with Gasteiger partial charge in [0, 0.05) is 11.8 Å². The van der Waals surface area contributed by atoms with Gasteiger partial charge in [0.1, 0.15) is 18.1 Å². The minimum Gasteiger partial charge on any atom is -0.496 e. The number of aliphatic carboxylic acids is 1. The average Bonchev–Trinajstić information content (AvgIpc) is 2.69. The van der Waals surface area contributed by atoms with E-state index in [0.29, 0.717) is 5.82 Å². The molecule has 0 saturated carbocycles. The number of aryl methyl sites for hydroxylation is 3. The van der Waals surface area contributed by atoms with Crippen LogP contribution in [0.5, 0.6) is 5.75 Å². The van der Waals surface area contributed by atoms with Crippen molar-refractivity contribution in [2.75, 3.05) is 7.11 Å². The van der Waals surface area contributed by atoms with Crippen molar-refractivity contribution in [3.63, 3.8) is 0 Å². The van der Waals surface area contributed by atoms with Crippen LogP contribution in [0.3, 0.4) is 0 Å². The third-order valence-corrected chi connectivity index (χ3v) is 3.18. The van der Waals surface area contributed by atoms with Crippen LogP contribution in [0.15, 0.2) is 18.3 Å². The summed E-state index contributed by atoms with van der Waals surface area (Å²) in [5.41, 5.74) is 3.77. The summed E-state index contributed by atoms with van der Waals surface area (Å²) < 4.78 is 7.07. The molecule has 106 valence electrons. The molecule has 2 rings (SSSR count). The highest BCUT2D eigenvalue weighted by molar-refractivity contribution is 5.71. The van der Waals surface area contributed by atoms with E-state index in [1.54, 1.807) is 24.8 Å². The van der Waals surface area contributed by atoms with E-state index < -0.39 is 5.97 Å². The molecular weight excluding hydrogens is 256 g/mol. The Bertz CT molecular complexity index is 659. The molecule has 1 aromatic heterocycles. The molecule has 0 aliphatic rings. The molecule has 2 aromatic rings. The fraction of sp³-hybridized carbons (Fsp3) is 0.333. The number of aromatic nitrogens is 2. The molecule has 0 fully saturated rings. The summed E-state index contributed by atoms with van der Waals surface area (Å²) in [4.78, 5) is 15.3. The maximum absolute atomic E-state index is 10.8. The number of methoxy groups -OCH3 is 1. The first-order valence-corrected chi connectivity index (χ1v) is 6.33. The number of hydrogen-bond donors (Lipinski definition) is 1. The molecule has 1 aromatic carbocycles. The Balaban J connectivity index is 2.54. The van der Waals surface area contributed by atoms with Crippen molar-refractivity contribution in [3.8, 4) is 17.0 Å². The summed E-state index contributed by atoms with van der Waals surface area (Å²) in [5.74, 6) is 0.559. The quantitative estimate of drug-likeness (QED) is 0.930. The van der Waals surface area contributed by atoms with Crippen LogP contribution in [-0.2, 0) is 11.3 Å².